The molecule has 4 rings (SSSR count). The van der Waals surface area contributed by atoms with Gasteiger partial charge in [-0.2, -0.15) is 5.10 Å². The van der Waals surface area contributed by atoms with E-state index in [4.69, 9.17) is 9.47 Å². The topological polar surface area (TPSA) is 72.4 Å². The summed E-state index contributed by atoms with van der Waals surface area (Å²) in [5, 5.41) is 12.8. The number of halogens is 2. The van der Waals surface area contributed by atoms with E-state index >= 15 is 0 Å². The third-order valence-electron chi connectivity index (χ3n) is 6.43. The molecular weight excluding hydrogens is 428 g/mol. The second kappa shape index (κ2) is 9.52. The number of nitrogens with zero attached hydrogens (tertiary/aromatic N) is 4. The zero-order valence-corrected chi connectivity index (χ0v) is 19.5. The van der Waals surface area contributed by atoms with E-state index in [9.17, 15) is 8.78 Å². The van der Waals surface area contributed by atoms with Crippen molar-refractivity contribution in [3.05, 3.63) is 52.8 Å². The molecule has 1 aliphatic heterocycles. The fourth-order valence-corrected chi connectivity index (χ4v) is 4.50. The zero-order valence-electron chi connectivity index (χ0n) is 19.5. The highest BCUT2D eigenvalue weighted by molar-refractivity contribution is 5.92. The Labute approximate surface area is 192 Å². The van der Waals surface area contributed by atoms with Crippen LogP contribution in [-0.4, -0.2) is 54.7 Å². The van der Waals surface area contributed by atoms with Gasteiger partial charge in [0.05, 0.1) is 29.1 Å². The molecule has 3 atom stereocenters. The Hall–Kier alpha value is -2.91. The van der Waals surface area contributed by atoms with Crippen molar-refractivity contribution in [2.24, 2.45) is 0 Å². The average molecular weight is 458 g/mol. The molecule has 0 spiro atoms. The molecule has 1 N–H and O–H groups in total. The molecule has 1 aliphatic rings. The van der Waals surface area contributed by atoms with Crippen molar-refractivity contribution in [2.45, 2.75) is 45.4 Å². The number of ether oxygens (including phenoxy) is 2. The van der Waals surface area contributed by atoms with Crippen LogP contribution in [-0.2, 0) is 9.47 Å². The first-order chi connectivity index (χ1) is 15.8. The summed E-state index contributed by atoms with van der Waals surface area (Å²) in [4.78, 5) is 6.83. The van der Waals surface area contributed by atoms with Crippen LogP contribution in [0.5, 0.6) is 0 Å². The first-order valence-electron chi connectivity index (χ1n) is 10.9. The molecule has 176 valence electrons. The number of nitrogens with one attached hydrogen (secondary N) is 1. The Bertz CT molecular complexity index is 1130. The number of hydrogen-bond donors (Lipinski definition) is 1. The molecule has 0 amide bonds. The van der Waals surface area contributed by atoms with Crippen molar-refractivity contribution in [2.75, 3.05) is 37.5 Å². The lowest BCUT2D eigenvalue weighted by molar-refractivity contribution is -0.00461. The maximum atomic E-state index is 13.4. The summed E-state index contributed by atoms with van der Waals surface area (Å²) in [6, 6.07) is 6.75. The molecule has 1 aromatic carbocycles. The maximum Gasteiger partial charge on any atom is 0.264 e. The van der Waals surface area contributed by atoms with Gasteiger partial charge in [0.2, 0.25) is 0 Å². The van der Waals surface area contributed by atoms with Gasteiger partial charge < -0.3 is 19.7 Å². The Morgan fingerprint density at radius 1 is 1.06 bits per heavy atom. The summed E-state index contributed by atoms with van der Waals surface area (Å²) in [7, 11) is 3.37. The summed E-state index contributed by atoms with van der Waals surface area (Å²) in [5.74, 6) is 0.560. The smallest absolute Gasteiger partial charge is 0.264 e. The highest BCUT2D eigenvalue weighted by Crippen LogP contribution is 2.33. The van der Waals surface area contributed by atoms with Gasteiger partial charge in [-0.1, -0.05) is 18.2 Å². The molecule has 0 radical (unpaired) electrons. The van der Waals surface area contributed by atoms with Crippen LogP contribution in [0.25, 0.3) is 10.9 Å². The summed E-state index contributed by atoms with van der Waals surface area (Å²) in [6.45, 7) is 6.90. The van der Waals surface area contributed by atoms with Crippen molar-refractivity contribution in [1.29, 1.82) is 0 Å². The van der Waals surface area contributed by atoms with Gasteiger partial charge in [0.15, 0.2) is 5.82 Å². The minimum atomic E-state index is -2.52. The minimum absolute atomic E-state index is 0.0225. The number of methoxy groups -OCH3 is 2. The van der Waals surface area contributed by atoms with Crippen LogP contribution in [0.2, 0.25) is 0 Å². The predicted molar refractivity (Wildman–Crippen MR) is 124 cm³/mol. The molecule has 9 heteroatoms. The van der Waals surface area contributed by atoms with Crippen LogP contribution in [0.1, 0.15) is 41.8 Å². The van der Waals surface area contributed by atoms with E-state index in [2.05, 4.69) is 25.4 Å². The number of rotatable bonds is 7. The van der Waals surface area contributed by atoms with Crippen molar-refractivity contribution < 1.29 is 18.3 Å². The van der Waals surface area contributed by atoms with E-state index in [0.29, 0.717) is 24.5 Å². The van der Waals surface area contributed by atoms with E-state index in [1.165, 1.54) is 6.07 Å². The summed E-state index contributed by atoms with van der Waals surface area (Å²) in [6.07, 6.45) is -0.738. The van der Waals surface area contributed by atoms with E-state index in [0.717, 1.165) is 27.8 Å². The Kier molecular flexibility index (Phi) is 6.71. The summed E-state index contributed by atoms with van der Waals surface area (Å²) in [5.41, 5.74) is 3.80. The van der Waals surface area contributed by atoms with Crippen LogP contribution in [0, 0.1) is 13.8 Å². The number of aryl methyl sites for hydroxylation is 1. The van der Waals surface area contributed by atoms with E-state index in [1.54, 1.807) is 27.2 Å². The molecule has 3 aromatic rings. The largest absolute Gasteiger partial charge is 0.377 e. The average Bonchev–Trinajstić information content (AvgIpc) is 3.24. The lowest BCUT2D eigenvalue weighted by atomic mass is 9.97. The lowest BCUT2D eigenvalue weighted by Gasteiger charge is -2.21. The molecule has 0 bridgehead atoms. The second-order valence-electron chi connectivity index (χ2n) is 8.41. The van der Waals surface area contributed by atoms with E-state index < -0.39 is 6.43 Å². The molecule has 33 heavy (non-hydrogen) atoms. The monoisotopic (exact) mass is 457 g/mol. The molecule has 3 heterocycles. The quantitative estimate of drug-likeness (QED) is 0.556. The van der Waals surface area contributed by atoms with E-state index in [1.807, 2.05) is 32.2 Å². The molecular formula is C24H29F2N5O2. The van der Waals surface area contributed by atoms with Crippen LogP contribution < -0.4 is 10.2 Å². The normalized spacial score (nSPS) is 19.5. The molecule has 0 unspecified atom stereocenters. The number of fused-ring (bicyclic) bond motifs is 1. The fourth-order valence-electron chi connectivity index (χ4n) is 4.50. The number of hydrogen-bond acceptors (Lipinski definition) is 7. The molecule has 7 nitrogen and oxygen atoms in total. The molecule has 0 aliphatic carbocycles. The van der Waals surface area contributed by atoms with Crippen molar-refractivity contribution in [1.82, 2.24) is 15.2 Å². The van der Waals surface area contributed by atoms with Gasteiger partial charge in [0, 0.05) is 38.3 Å². The Morgan fingerprint density at radius 3 is 2.36 bits per heavy atom. The van der Waals surface area contributed by atoms with Crippen molar-refractivity contribution in [3.8, 4) is 0 Å². The summed E-state index contributed by atoms with van der Waals surface area (Å²) < 4.78 is 37.9. The van der Waals surface area contributed by atoms with E-state index in [-0.39, 0.29) is 23.8 Å². The number of aromatic nitrogens is 3. The van der Waals surface area contributed by atoms with Gasteiger partial charge in [-0.15, -0.1) is 5.10 Å². The fraction of sp³-hybridized carbons (Fsp3) is 0.458. The van der Waals surface area contributed by atoms with Crippen LogP contribution in [0.3, 0.4) is 0 Å². The van der Waals surface area contributed by atoms with Crippen LogP contribution in [0.4, 0.5) is 20.3 Å². The lowest BCUT2D eigenvalue weighted by Crippen LogP contribution is -2.27. The predicted octanol–water partition coefficient (Wildman–Crippen LogP) is 4.60. The molecule has 2 aromatic heterocycles. The first kappa shape index (κ1) is 23.3. The first-order valence-corrected chi connectivity index (χ1v) is 10.9. The maximum absolute atomic E-state index is 13.4. The van der Waals surface area contributed by atoms with Gasteiger partial charge in [-0.25, -0.2) is 8.78 Å². The number of benzene rings is 1. The van der Waals surface area contributed by atoms with Crippen LogP contribution >= 0.6 is 0 Å². The number of anilines is 2. The van der Waals surface area contributed by atoms with Crippen LogP contribution in [0.15, 0.2) is 30.5 Å². The van der Waals surface area contributed by atoms with Crippen molar-refractivity contribution in [3.63, 3.8) is 0 Å². The summed E-state index contributed by atoms with van der Waals surface area (Å²) >= 11 is 0. The molecule has 1 fully saturated rings. The molecule has 0 saturated carbocycles. The standard InChI is InChI=1S/C24H29F2N5O2/c1-13-17(7-6-8-18(13)23(25)26)14(2)28-24-19-9-16(10-27-22(19)15(3)29-30-24)31-11-20(32-4)21(12-31)33-5/h6-10,14,20-21,23H,11-12H2,1-5H3,(H,28,30)/t14-,20-,21+/m1/s1. The van der Waals surface area contributed by atoms with Gasteiger partial charge in [0.1, 0.15) is 12.2 Å². The van der Waals surface area contributed by atoms with Gasteiger partial charge in [-0.05, 0) is 38.0 Å². The SMILES string of the molecule is CO[C@H]1CN(c2cnc3c(C)nnc(N[C@H](C)c4cccc(C(F)F)c4C)c3c2)C[C@H]1OC. The highest BCUT2D eigenvalue weighted by Gasteiger charge is 2.33. The number of alkyl halides is 2. The third-order valence-corrected chi connectivity index (χ3v) is 6.43. The minimum Gasteiger partial charge on any atom is -0.377 e. The zero-order chi connectivity index (χ0) is 23.7. The second-order valence-corrected chi connectivity index (χ2v) is 8.41. The van der Waals surface area contributed by atoms with Gasteiger partial charge >= 0.3 is 0 Å². The van der Waals surface area contributed by atoms with Gasteiger partial charge in [-0.3, -0.25) is 4.98 Å². The third kappa shape index (κ3) is 4.47. The molecule has 1 saturated heterocycles. The number of pyridine rings is 1. The highest BCUT2D eigenvalue weighted by atomic mass is 19.3. The Morgan fingerprint density at radius 2 is 1.73 bits per heavy atom. The van der Waals surface area contributed by atoms with Crippen molar-refractivity contribution >= 4 is 22.4 Å². The Balaban J connectivity index is 1.68. The van der Waals surface area contributed by atoms with Gasteiger partial charge in [0.25, 0.3) is 6.43 Å².